The normalized spacial score (nSPS) is 25.7. The van der Waals surface area contributed by atoms with Crippen molar-refractivity contribution in [3.05, 3.63) is 71.8 Å². The Morgan fingerprint density at radius 1 is 0.543 bits per heavy atom. The van der Waals surface area contributed by atoms with Crippen LogP contribution >= 0.6 is 0 Å². The second-order valence-corrected chi connectivity index (χ2v) is 22.4. The van der Waals surface area contributed by atoms with Crippen molar-refractivity contribution in [2.75, 3.05) is 18.6 Å². The van der Waals surface area contributed by atoms with Crippen molar-refractivity contribution in [2.45, 2.75) is 155 Å². The second-order valence-electron chi connectivity index (χ2n) is 20.2. The zero-order chi connectivity index (χ0) is 51.9. The van der Waals surface area contributed by atoms with Gasteiger partial charge in [-0.2, -0.15) is 0 Å². The molecule has 9 atom stereocenters. The molecule has 0 spiro atoms. The third kappa shape index (κ3) is 17.2. The molecule has 0 aromatic heterocycles. The molecule has 0 unspecified atom stereocenters. The molecule has 4 rings (SSSR count). The molecule has 2 aromatic carbocycles. The molecule has 7 N–H and O–H groups in total. The summed E-state index contributed by atoms with van der Waals surface area (Å²) in [6.45, 7) is 14.5. The lowest BCUT2D eigenvalue weighted by atomic mass is 9.96. The first kappa shape index (κ1) is 56.7. The number of hydrogen-bond acceptors (Lipinski definition) is 10. The summed E-state index contributed by atoms with van der Waals surface area (Å²) in [5.41, 5.74) is 1.40. The molecule has 2 aliphatic heterocycles. The van der Waals surface area contributed by atoms with Crippen molar-refractivity contribution in [1.29, 1.82) is 0 Å². The highest BCUT2D eigenvalue weighted by Crippen LogP contribution is 2.22. The number of sulfone groups is 1. The van der Waals surface area contributed by atoms with Gasteiger partial charge in [0.05, 0.1) is 5.75 Å². The molecule has 19 heteroatoms. The van der Waals surface area contributed by atoms with Crippen LogP contribution in [0.5, 0.6) is 0 Å². The van der Waals surface area contributed by atoms with Gasteiger partial charge in [0.25, 0.3) is 0 Å². The first-order chi connectivity index (χ1) is 33.0. The molecule has 0 bridgehead atoms. The fraction of sp³-hybridized carbons (Fsp3) is 0.608. The van der Waals surface area contributed by atoms with Gasteiger partial charge in [-0.3, -0.25) is 38.4 Å². The van der Waals surface area contributed by atoms with Gasteiger partial charge in [0.1, 0.15) is 58.2 Å². The molecule has 8 amide bonds. The standard InChI is InChI=1S/C51H76N8O10S/c1-10-33(8)43-50(66)52-36(23-25-70(9,68)69)44(60)53-38(27-31(4)5)46(62)57-42(32(6)7)49(65)56-40(29-35-20-15-12-16-21-35)51(67)59-24-17-22-41(59)48(64)55-37(26-30(2)3)45(61)54-39(47(63)58-43)28-34-18-13-11-14-19-34/h11-16,18-21,30-33,36-43H,10,17,22-29H2,1-9H3,(H,52,66)(H,53,60)(H,54,61)(H,55,64)(H,56,65)(H,57,62)(H,58,63)/t33-,36-,37-,38-,39-,40-,41-,42-,43-/m0/s1. The molecular weight excluding hydrogens is 917 g/mol. The van der Waals surface area contributed by atoms with E-state index >= 15 is 0 Å². The molecular formula is C51H76N8O10S. The van der Waals surface area contributed by atoms with E-state index in [1.54, 1.807) is 82.3 Å². The number of hydrogen-bond donors (Lipinski definition) is 7. The average Bonchev–Trinajstić information content (AvgIpc) is 3.80. The van der Waals surface area contributed by atoms with Crippen molar-refractivity contribution in [1.82, 2.24) is 42.1 Å². The Balaban J connectivity index is 1.86. The summed E-state index contributed by atoms with van der Waals surface area (Å²) >= 11 is 0. The number of benzene rings is 2. The van der Waals surface area contributed by atoms with E-state index in [0.717, 1.165) is 11.8 Å². The highest BCUT2D eigenvalue weighted by atomic mass is 32.2. The van der Waals surface area contributed by atoms with Gasteiger partial charge in [-0.15, -0.1) is 0 Å². The van der Waals surface area contributed by atoms with Gasteiger partial charge in [0.15, 0.2) is 0 Å². The summed E-state index contributed by atoms with van der Waals surface area (Å²) in [6, 6.07) is 8.03. The molecule has 2 fully saturated rings. The van der Waals surface area contributed by atoms with Crippen LogP contribution in [0.25, 0.3) is 0 Å². The van der Waals surface area contributed by atoms with Gasteiger partial charge < -0.3 is 42.1 Å². The summed E-state index contributed by atoms with van der Waals surface area (Å²) in [7, 11) is -3.68. The van der Waals surface area contributed by atoms with E-state index in [1.165, 1.54) is 4.90 Å². The third-order valence-corrected chi connectivity index (χ3v) is 13.8. The Morgan fingerprint density at radius 2 is 0.971 bits per heavy atom. The van der Waals surface area contributed by atoms with Crippen LogP contribution in [0.2, 0.25) is 0 Å². The van der Waals surface area contributed by atoms with Crippen molar-refractivity contribution < 1.29 is 46.8 Å². The predicted octanol–water partition coefficient (Wildman–Crippen LogP) is 2.10. The largest absolute Gasteiger partial charge is 0.343 e. The van der Waals surface area contributed by atoms with Crippen LogP contribution in [0.15, 0.2) is 60.7 Å². The van der Waals surface area contributed by atoms with Crippen LogP contribution in [0, 0.1) is 23.7 Å². The molecule has 0 radical (unpaired) electrons. The van der Waals surface area contributed by atoms with Crippen molar-refractivity contribution >= 4 is 57.1 Å². The van der Waals surface area contributed by atoms with Crippen LogP contribution in [0.3, 0.4) is 0 Å². The summed E-state index contributed by atoms with van der Waals surface area (Å²) in [6.07, 6.45) is 2.02. The highest BCUT2D eigenvalue weighted by molar-refractivity contribution is 7.90. The van der Waals surface area contributed by atoms with Crippen LogP contribution in [0.1, 0.15) is 105 Å². The summed E-state index contributed by atoms with van der Waals surface area (Å²) < 4.78 is 25.0. The van der Waals surface area contributed by atoms with Gasteiger partial charge >= 0.3 is 0 Å². The molecule has 18 nitrogen and oxygen atoms in total. The fourth-order valence-electron chi connectivity index (χ4n) is 8.70. The van der Waals surface area contributed by atoms with E-state index in [0.29, 0.717) is 18.4 Å². The Kier molecular flexibility index (Phi) is 21.4. The van der Waals surface area contributed by atoms with Crippen LogP contribution in [-0.4, -0.2) is 127 Å². The van der Waals surface area contributed by atoms with E-state index in [2.05, 4.69) is 37.2 Å². The predicted molar refractivity (Wildman–Crippen MR) is 266 cm³/mol. The van der Waals surface area contributed by atoms with Gasteiger partial charge in [-0.25, -0.2) is 8.42 Å². The Hall–Kier alpha value is -5.85. The molecule has 2 aliphatic rings. The van der Waals surface area contributed by atoms with E-state index in [9.17, 15) is 46.8 Å². The van der Waals surface area contributed by atoms with Crippen molar-refractivity contribution in [3.63, 3.8) is 0 Å². The summed E-state index contributed by atoms with van der Waals surface area (Å²) in [5, 5.41) is 19.5. The third-order valence-electron chi connectivity index (χ3n) is 12.8. The molecule has 2 heterocycles. The van der Waals surface area contributed by atoms with Crippen LogP contribution in [-0.2, 0) is 61.0 Å². The molecule has 2 aromatic rings. The van der Waals surface area contributed by atoms with Gasteiger partial charge in [-0.05, 0) is 66.9 Å². The maximum atomic E-state index is 14.7. The number of fused-ring (bicyclic) bond motifs is 1. The fourth-order valence-corrected chi connectivity index (χ4v) is 9.36. The van der Waals surface area contributed by atoms with Gasteiger partial charge in [0.2, 0.25) is 47.3 Å². The average molecular weight is 993 g/mol. The molecule has 70 heavy (non-hydrogen) atoms. The van der Waals surface area contributed by atoms with Gasteiger partial charge in [-0.1, -0.05) is 122 Å². The monoisotopic (exact) mass is 993 g/mol. The Labute approximate surface area is 413 Å². The SMILES string of the molecule is CC[C@H](C)[C@@H]1NC(=O)[C@H](Cc2ccccc2)NC(=O)[C@H](CC(C)C)NC(=O)[C@@H]2CCCN2C(=O)[C@H](Cc2ccccc2)NC(=O)[C@H](C(C)C)NC(=O)[C@H](CC(C)C)NC(=O)[C@H](CCS(C)(=O)=O)NC1=O. The second kappa shape index (κ2) is 26.4. The molecule has 0 saturated carbocycles. The lowest BCUT2D eigenvalue weighted by molar-refractivity contribution is -0.143. The van der Waals surface area contributed by atoms with Crippen LogP contribution in [0.4, 0.5) is 0 Å². The first-order valence-corrected chi connectivity index (χ1v) is 26.7. The number of nitrogens with one attached hydrogen (secondary N) is 7. The smallest absolute Gasteiger partial charge is 0.246 e. The van der Waals surface area contributed by atoms with Crippen molar-refractivity contribution in [3.8, 4) is 0 Å². The quantitative estimate of drug-likeness (QED) is 0.145. The van der Waals surface area contributed by atoms with E-state index in [1.807, 2.05) is 33.8 Å². The summed E-state index contributed by atoms with van der Waals surface area (Å²) in [4.78, 5) is 117. The van der Waals surface area contributed by atoms with Gasteiger partial charge in [0, 0.05) is 25.6 Å². The first-order valence-electron chi connectivity index (χ1n) is 24.7. The minimum absolute atomic E-state index is 0.00854. The minimum atomic E-state index is -3.68. The highest BCUT2D eigenvalue weighted by Gasteiger charge is 2.41. The topological polar surface area (TPSA) is 258 Å². The number of carbonyl (C=O) groups excluding carboxylic acids is 8. The molecule has 2 saturated heterocycles. The molecule has 386 valence electrons. The number of rotatable bonds is 14. The zero-order valence-corrected chi connectivity index (χ0v) is 43.0. The van der Waals surface area contributed by atoms with E-state index in [-0.39, 0.29) is 56.9 Å². The lowest BCUT2D eigenvalue weighted by Crippen LogP contribution is -2.62. The zero-order valence-electron chi connectivity index (χ0n) is 42.2. The number of amides is 8. The Bertz CT molecular complexity index is 2240. The van der Waals surface area contributed by atoms with Crippen molar-refractivity contribution in [2.24, 2.45) is 23.7 Å². The number of carbonyl (C=O) groups is 8. The van der Waals surface area contributed by atoms with E-state index < -0.39 is 123 Å². The Morgan fingerprint density at radius 3 is 1.49 bits per heavy atom. The summed E-state index contributed by atoms with van der Waals surface area (Å²) in [5.74, 6) is -7.46. The van der Waals surface area contributed by atoms with E-state index in [4.69, 9.17) is 0 Å². The molecule has 0 aliphatic carbocycles. The maximum absolute atomic E-state index is 14.7. The number of nitrogens with zero attached hydrogens (tertiary/aromatic N) is 1. The minimum Gasteiger partial charge on any atom is -0.343 e. The van der Waals surface area contributed by atoms with Crippen LogP contribution < -0.4 is 37.2 Å². The maximum Gasteiger partial charge on any atom is 0.246 e. The lowest BCUT2D eigenvalue weighted by Gasteiger charge is -2.32.